The van der Waals surface area contributed by atoms with Gasteiger partial charge in [-0.2, -0.15) is 5.26 Å². The summed E-state index contributed by atoms with van der Waals surface area (Å²) in [5, 5.41) is 9.19. The Morgan fingerprint density at radius 1 is 1.46 bits per heavy atom. The molecule has 0 aromatic rings. The van der Waals surface area contributed by atoms with E-state index in [2.05, 4.69) is 19.9 Å². The van der Waals surface area contributed by atoms with Crippen molar-refractivity contribution >= 4 is 0 Å². The number of nitrogens with zero attached hydrogens (tertiary/aromatic N) is 1. The smallest absolute Gasteiger partial charge is 0.156 e. The third-order valence-corrected chi connectivity index (χ3v) is 3.13. The van der Waals surface area contributed by atoms with Crippen molar-refractivity contribution in [2.75, 3.05) is 6.61 Å². The van der Waals surface area contributed by atoms with E-state index in [4.69, 9.17) is 4.74 Å². The standard InChI is InChI=1S/C11H19NO/c1-4-13-11(8-12)7-9(2)5-6-10(11)3/h9-10H,4-7H2,1-3H3. The number of rotatable bonds is 2. The lowest BCUT2D eigenvalue weighted by Gasteiger charge is -2.39. The van der Waals surface area contributed by atoms with Crippen LogP contribution in [0.4, 0.5) is 0 Å². The Morgan fingerprint density at radius 2 is 2.15 bits per heavy atom. The van der Waals surface area contributed by atoms with Crippen molar-refractivity contribution in [3.8, 4) is 6.07 Å². The Hall–Kier alpha value is -0.550. The second kappa shape index (κ2) is 4.11. The monoisotopic (exact) mass is 181 g/mol. The Morgan fingerprint density at radius 3 is 2.69 bits per heavy atom. The van der Waals surface area contributed by atoms with Crippen molar-refractivity contribution in [2.45, 2.75) is 45.6 Å². The minimum Gasteiger partial charge on any atom is -0.360 e. The lowest BCUT2D eigenvalue weighted by atomic mass is 9.72. The second-order valence-corrected chi connectivity index (χ2v) is 4.22. The van der Waals surface area contributed by atoms with Crippen LogP contribution in [-0.2, 0) is 4.74 Å². The highest BCUT2D eigenvalue weighted by Crippen LogP contribution is 2.38. The summed E-state index contributed by atoms with van der Waals surface area (Å²) >= 11 is 0. The zero-order chi connectivity index (χ0) is 9.90. The molecule has 0 aromatic heterocycles. The van der Waals surface area contributed by atoms with Crippen LogP contribution in [0.5, 0.6) is 0 Å². The van der Waals surface area contributed by atoms with Gasteiger partial charge in [0, 0.05) is 6.61 Å². The molecule has 1 fully saturated rings. The van der Waals surface area contributed by atoms with Gasteiger partial charge in [-0.05, 0) is 31.6 Å². The Labute approximate surface area is 80.9 Å². The third kappa shape index (κ3) is 2.03. The van der Waals surface area contributed by atoms with Crippen LogP contribution >= 0.6 is 0 Å². The molecular formula is C11H19NO. The summed E-state index contributed by atoms with van der Waals surface area (Å²) < 4.78 is 5.64. The van der Waals surface area contributed by atoms with E-state index in [-0.39, 0.29) is 0 Å². The maximum absolute atomic E-state index is 9.19. The zero-order valence-electron chi connectivity index (χ0n) is 8.84. The van der Waals surface area contributed by atoms with Gasteiger partial charge < -0.3 is 4.74 Å². The van der Waals surface area contributed by atoms with E-state index >= 15 is 0 Å². The molecule has 0 spiro atoms. The number of hydrogen-bond donors (Lipinski definition) is 0. The van der Waals surface area contributed by atoms with Gasteiger partial charge in [0.1, 0.15) is 0 Å². The molecule has 3 atom stereocenters. The molecule has 74 valence electrons. The van der Waals surface area contributed by atoms with Crippen LogP contribution in [0.15, 0.2) is 0 Å². The highest BCUT2D eigenvalue weighted by atomic mass is 16.5. The topological polar surface area (TPSA) is 33.0 Å². The summed E-state index contributed by atoms with van der Waals surface area (Å²) in [6, 6.07) is 2.38. The van der Waals surface area contributed by atoms with E-state index in [9.17, 15) is 5.26 Å². The zero-order valence-corrected chi connectivity index (χ0v) is 8.84. The first kappa shape index (κ1) is 10.5. The van der Waals surface area contributed by atoms with Gasteiger partial charge in [0.2, 0.25) is 0 Å². The lowest BCUT2D eigenvalue weighted by Crippen LogP contribution is -2.43. The van der Waals surface area contributed by atoms with Gasteiger partial charge in [-0.15, -0.1) is 0 Å². The Bertz CT molecular complexity index is 209. The van der Waals surface area contributed by atoms with E-state index in [0.29, 0.717) is 18.4 Å². The van der Waals surface area contributed by atoms with Gasteiger partial charge >= 0.3 is 0 Å². The number of nitriles is 1. The largest absolute Gasteiger partial charge is 0.360 e. The van der Waals surface area contributed by atoms with Crippen LogP contribution in [0.1, 0.15) is 40.0 Å². The minimum atomic E-state index is -0.494. The molecule has 1 aliphatic rings. The fourth-order valence-corrected chi connectivity index (χ4v) is 2.24. The van der Waals surface area contributed by atoms with Crippen molar-refractivity contribution in [3.05, 3.63) is 0 Å². The van der Waals surface area contributed by atoms with Crippen molar-refractivity contribution in [1.29, 1.82) is 5.26 Å². The molecule has 1 aliphatic carbocycles. The molecule has 2 nitrogen and oxygen atoms in total. The predicted molar refractivity (Wildman–Crippen MR) is 52.1 cm³/mol. The van der Waals surface area contributed by atoms with Crippen molar-refractivity contribution in [3.63, 3.8) is 0 Å². The van der Waals surface area contributed by atoms with Gasteiger partial charge in [-0.1, -0.05) is 20.3 Å². The Balaban J connectivity index is 2.75. The molecule has 0 aliphatic heterocycles. The second-order valence-electron chi connectivity index (χ2n) is 4.22. The Kier molecular flexibility index (Phi) is 3.33. The van der Waals surface area contributed by atoms with Crippen LogP contribution in [-0.4, -0.2) is 12.2 Å². The van der Waals surface area contributed by atoms with Crippen LogP contribution in [0.2, 0.25) is 0 Å². The SMILES string of the molecule is CCOC1(C#N)CC(C)CCC1C. The van der Waals surface area contributed by atoms with Gasteiger partial charge in [0.25, 0.3) is 0 Å². The van der Waals surface area contributed by atoms with Crippen LogP contribution in [0.25, 0.3) is 0 Å². The molecule has 2 heteroatoms. The molecule has 3 unspecified atom stereocenters. The first-order valence-electron chi connectivity index (χ1n) is 5.20. The molecule has 13 heavy (non-hydrogen) atoms. The van der Waals surface area contributed by atoms with E-state index in [1.54, 1.807) is 0 Å². The van der Waals surface area contributed by atoms with E-state index in [1.807, 2.05) is 6.92 Å². The molecule has 0 amide bonds. The van der Waals surface area contributed by atoms with E-state index in [0.717, 1.165) is 12.8 Å². The quantitative estimate of drug-likeness (QED) is 0.656. The molecule has 0 aromatic carbocycles. The summed E-state index contributed by atoms with van der Waals surface area (Å²) in [7, 11) is 0. The summed E-state index contributed by atoms with van der Waals surface area (Å²) in [5.74, 6) is 1.01. The van der Waals surface area contributed by atoms with Crippen molar-refractivity contribution in [2.24, 2.45) is 11.8 Å². The highest BCUT2D eigenvalue weighted by molar-refractivity contribution is 5.07. The summed E-state index contributed by atoms with van der Waals surface area (Å²) in [6.45, 7) is 6.94. The summed E-state index contributed by atoms with van der Waals surface area (Å²) in [4.78, 5) is 0. The van der Waals surface area contributed by atoms with Crippen LogP contribution in [0, 0.1) is 23.2 Å². The molecule has 0 radical (unpaired) electrons. The lowest BCUT2D eigenvalue weighted by molar-refractivity contribution is -0.0681. The summed E-state index contributed by atoms with van der Waals surface area (Å²) in [5.41, 5.74) is -0.494. The number of hydrogen-bond acceptors (Lipinski definition) is 2. The number of ether oxygens (including phenoxy) is 1. The normalized spacial score (nSPS) is 39.8. The minimum absolute atomic E-state index is 0.383. The maximum atomic E-state index is 9.19. The van der Waals surface area contributed by atoms with Crippen LogP contribution < -0.4 is 0 Å². The maximum Gasteiger partial charge on any atom is 0.156 e. The molecule has 0 N–H and O–H groups in total. The first-order valence-corrected chi connectivity index (χ1v) is 5.20. The van der Waals surface area contributed by atoms with Gasteiger partial charge in [0.15, 0.2) is 5.60 Å². The highest BCUT2D eigenvalue weighted by Gasteiger charge is 2.41. The van der Waals surface area contributed by atoms with Crippen molar-refractivity contribution in [1.82, 2.24) is 0 Å². The average molecular weight is 181 g/mol. The fourth-order valence-electron chi connectivity index (χ4n) is 2.24. The van der Waals surface area contributed by atoms with Gasteiger partial charge in [-0.25, -0.2) is 0 Å². The van der Waals surface area contributed by atoms with Gasteiger partial charge in [-0.3, -0.25) is 0 Å². The van der Waals surface area contributed by atoms with Gasteiger partial charge in [0.05, 0.1) is 6.07 Å². The third-order valence-electron chi connectivity index (χ3n) is 3.13. The molecule has 0 heterocycles. The average Bonchev–Trinajstić information content (AvgIpc) is 2.12. The summed E-state index contributed by atoms with van der Waals surface area (Å²) in [6.07, 6.45) is 3.25. The fraction of sp³-hybridized carbons (Fsp3) is 0.909. The molecular weight excluding hydrogens is 162 g/mol. The van der Waals surface area contributed by atoms with Crippen LogP contribution in [0.3, 0.4) is 0 Å². The molecule has 0 saturated heterocycles. The molecule has 0 bridgehead atoms. The van der Waals surface area contributed by atoms with E-state index in [1.165, 1.54) is 6.42 Å². The van der Waals surface area contributed by atoms with Crippen molar-refractivity contribution < 1.29 is 4.74 Å². The van der Waals surface area contributed by atoms with E-state index < -0.39 is 5.60 Å². The first-order chi connectivity index (χ1) is 6.14. The molecule has 1 saturated carbocycles. The predicted octanol–water partition coefficient (Wildman–Crippen LogP) is 2.74. The molecule has 1 rings (SSSR count).